The van der Waals surface area contributed by atoms with Crippen molar-refractivity contribution in [3.8, 4) is 34.0 Å². The molecule has 0 amide bonds. The van der Waals surface area contributed by atoms with E-state index in [1.807, 2.05) is 55.5 Å². The molecule has 0 bridgehead atoms. The lowest BCUT2D eigenvalue weighted by Crippen LogP contribution is -2.10. The third kappa shape index (κ3) is 5.03. The van der Waals surface area contributed by atoms with Crippen molar-refractivity contribution in [2.75, 3.05) is 13.7 Å². The minimum atomic E-state index is -1.07. The Bertz CT molecular complexity index is 1300. The molecule has 0 aliphatic heterocycles. The largest absolute Gasteiger partial charge is 0.496 e. The lowest BCUT2D eigenvalue weighted by atomic mass is 10.1. The second-order valence-corrected chi connectivity index (χ2v) is 7.58. The third-order valence-corrected chi connectivity index (χ3v) is 5.18. The summed E-state index contributed by atoms with van der Waals surface area (Å²) in [5.74, 6) is -0.268. The number of ether oxygens (including phenoxy) is 2. The fraction of sp³-hybridized carbons (Fsp3) is 0.154. The van der Waals surface area contributed by atoms with Gasteiger partial charge in [-0.2, -0.15) is 5.10 Å². The molecule has 0 atom stereocenters. The summed E-state index contributed by atoms with van der Waals surface area (Å²) >= 11 is 0. The monoisotopic (exact) mass is 446 g/mol. The molecular weight excluding hydrogens is 423 g/mol. The first-order chi connectivity index (χ1) is 15.9. The fourth-order valence-electron chi connectivity index (χ4n) is 3.64. The molecule has 0 fully saturated rings. The number of halogens is 1. The molecule has 0 unspecified atom stereocenters. The van der Waals surface area contributed by atoms with Gasteiger partial charge in [-0.1, -0.05) is 36.4 Å². The van der Waals surface area contributed by atoms with Gasteiger partial charge in [0, 0.05) is 16.7 Å². The second kappa shape index (κ2) is 9.56. The Labute approximate surface area is 190 Å². The molecule has 1 heterocycles. The van der Waals surface area contributed by atoms with E-state index in [9.17, 15) is 9.18 Å². The Hall–Kier alpha value is -4.13. The highest BCUT2D eigenvalue weighted by Crippen LogP contribution is 2.34. The average Bonchev–Trinajstić information content (AvgIpc) is 3.21. The van der Waals surface area contributed by atoms with Crippen LogP contribution < -0.4 is 9.47 Å². The van der Waals surface area contributed by atoms with Crippen molar-refractivity contribution < 1.29 is 23.8 Å². The Balaban J connectivity index is 1.83. The summed E-state index contributed by atoms with van der Waals surface area (Å²) in [6, 6.07) is 21.3. The molecule has 0 aliphatic carbocycles. The molecule has 0 saturated heterocycles. The lowest BCUT2D eigenvalue weighted by molar-refractivity contribution is -0.139. The molecule has 4 rings (SSSR count). The van der Waals surface area contributed by atoms with E-state index >= 15 is 0 Å². The highest BCUT2D eigenvalue weighted by atomic mass is 19.1. The van der Waals surface area contributed by atoms with Crippen LogP contribution in [0.3, 0.4) is 0 Å². The van der Waals surface area contributed by atoms with Gasteiger partial charge in [0.1, 0.15) is 17.3 Å². The number of carbonyl (C=O) groups is 1. The number of benzene rings is 3. The zero-order chi connectivity index (χ0) is 23.4. The molecule has 1 aromatic heterocycles. The van der Waals surface area contributed by atoms with E-state index in [0.29, 0.717) is 34.8 Å². The summed E-state index contributed by atoms with van der Waals surface area (Å²) < 4.78 is 26.8. The van der Waals surface area contributed by atoms with Crippen LogP contribution in [0.25, 0.3) is 22.5 Å². The number of nitrogens with zero attached hydrogens (tertiary/aromatic N) is 2. The van der Waals surface area contributed by atoms with Crippen molar-refractivity contribution in [2.24, 2.45) is 0 Å². The number of methoxy groups -OCH3 is 1. The van der Waals surface area contributed by atoms with Crippen molar-refractivity contribution in [1.29, 1.82) is 0 Å². The molecule has 168 valence electrons. The first-order valence-electron chi connectivity index (χ1n) is 10.4. The summed E-state index contributed by atoms with van der Waals surface area (Å²) in [5, 5.41) is 13.8. The molecule has 4 aromatic rings. The number of aryl methyl sites for hydroxylation is 1. The van der Waals surface area contributed by atoms with Gasteiger partial charge in [0.15, 0.2) is 6.61 Å². The van der Waals surface area contributed by atoms with E-state index in [4.69, 9.17) is 19.7 Å². The van der Waals surface area contributed by atoms with Crippen LogP contribution in [-0.2, 0) is 11.3 Å². The zero-order valence-corrected chi connectivity index (χ0v) is 18.3. The van der Waals surface area contributed by atoms with Gasteiger partial charge in [-0.25, -0.2) is 9.18 Å². The fourth-order valence-corrected chi connectivity index (χ4v) is 3.64. The first-order valence-corrected chi connectivity index (χ1v) is 10.4. The van der Waals surface area contributed by atoms with Gasteiger partial charge < -0.3 is 14.6 Å². The molecule has 0 spiro atoms. The number of aromatic nitrogens is 2. The summed E-state index contributed by atoms with van der Waals surface area (Å²) in [6.07, 6.45) is 0. The zero-order valence-electron chi connectivity index (χ0n) is 18.3. The maximum absolute atomic E-state index is 14.0. The van der Waals surface area contributed by atoms with Crippen LogP contribution >= 0.6 is 0 Å². The predicted molar refractivity (Wildman–Crippen MR) is 123 cm³/mol. The Morgan fingerprint density at radius 3 is 2.61 bits per heavy atom. The molecule has 1 N–H and O–H groups in total. The van der Waals surface area contributed by atoms with Crippen LogP contribution in [0.1, 0.15) is 11.1 Å². The summed E-state index contributed by atoms with van der Waals surface area (Å²) in [7, 11) is 1.61. The van der Waals surface area contributed by atoms with E-state index in [1.165, 1.54) is 12.1 Å². The van der Waals surface area contributed by atoms with Gasteiger partial charge in [-0.15, -0.1) is 0 Å². The van der Waals surface area contributed by atoms with Gasteiger partial charge in [0.2, 0.25) is 0 Å². The highest BCUT2D eigenvalue weighted by molar-refractivity contribution is 5.74. The molecule has 6 nitrogen and oxygen atoms in total. The van der Waals surface area contributed by atoms with Crippen molar-refractivity contribution in [1.82, 2.24) is 9.78 Å². The van der Waals surface area contributed by atoms with Gasteiger partial charge in [-0.05, 0) is 48.9 Å². The quantitative estimate of drug-likeness (QED) is 0.404. The standard InChI is InChI=1S/C26H23FN2O4/c1-17-10-11-21(25(12-17)33-16-26(30)31)22-14-23(18-7-5-8-20(27)13-18)29(28-22)15-19-6-3-4-9-24(19)32-2/h3-14H,15-16H2,1-2H3,(H,30,31). The molecule has 0 radical (unpaired) electrons. The Morgan fingerprint density at radius 1 is 1.03 bits per heavy atom. The Morgan fingerprint density at radius 2 is 1.85 bits per heavy atom. The summed E-state index contributed by atoms with van der Waals surface area (Å²) in [5.41, 5.74) is 4.46. The first kappa shape index (κ1) is 22.1. The maximum Gasteiger partial charge on any atom is 0.341 e. The summed E-state index contributed by atoms with van der Waals surface area (Å²) in [4.78, 5) is 11.1. The number of hydrogen-bond acceptors (Lipinski definition) is 4. The van der Waals surface area contributed by atoms with Crippen LogP contribution in [0.5, 0.6) is 11.5 Å². The molecular formula is C26H23FN2O4. The van der Waals surface area contributed by atoms with Crippen molar-refractivity contribution in [3.63, 3.8) is 0 Å². The summed E-state index contributed by atoms with van der Waals surface area (Å²) in [6.45, 7) is 1.83. The van der Waals surface area contributed by atoms with Crippen LogP contribution in [0, 0.1) is 12.7 Å². The topological polar surface area (TPSA) is 73.6 Å². The third-order valence-electron chi connectivity index (χ3n) is 5.18. The van der Waals surface area contributed by atoms with Crippen molar-refractivity contribution in [2.45, 2.75) is 13.5 Å². The number of carboxylic acids is 1. The number of aliphatic carboxylic acids is 1. The predicted octanol–water partition coefficient (Wildman–Crippen LogP) is 5.18. The van der Waals surface area contributed by atoms with E-state index in [-0.39, 0.29) is 5.82 Å². The Kier molecular flexibility index (Phi) is 6.40. The van der Waals surface area contributed by atoms with Crippen LogP contribution in [0.15, 0.2) is 72.8 Å². The normalized spacial score (nSPS) is 10.8. The molecule has 3 aromatic carbocycles. The number of rotatable bonds is 8. The minimum absolute atomic E-state index is 0.347. The van der Waals surface area contributed by atoms with E-state index in [2.05, 4.69) is 0 Å². The molecule has 0 saturated carbocycles. The van der Waals surface area contributed by atoms with Crippen LogP contribution in [0.2, 0.25) is 0 Å². The molecule has 0 aliphatic rings. The van der Waals surface area contributed by atoms with Gasteiger partial charge in [0.25, 0.3) is 0 Å². The van der Waals surface area contributed by atoms with Crippen LogP contribution in [-0.4, -0.2) is 34.6 Å². The average molecular weight is 446 g/mol. The number of carboxylic acid groups (broad SMARTS) is 1. The molecule has 7 heteroatoms. The van der Waals surface area contributed by atoms with Gasteiger partial charge in [-0.3, -0.25) is 4.68 Å². The van der Waals surface area contributed by atoms with E-state index in [1.54, 1.807) is 23.9 Å². The lowest BCUT2D eigenvalue weighted by Gasteiger charge is -2.11. The van der Waals surface area contributed by atoms with Gasteiger partial charge >= 0.3 is 5.97 Å². The number of hydrogen-bond donors (Lipinski definition) is 1. The van der Waals surface area contributed by atoms with Crippen LogP contribution in [0.4, 0.5) is 4.39 Å². The second-order valence-electron chi connectivity index (χ2n) is 7.58. The highest BCUT2D eigenvalue weighted by Gasteiger charge is 2.17. The van der Waals surface area contributed by atoms with E-state index < -0.39 is 12.6 Å². The minimum Gasteiger partial charge on any atom is -0.496 e. The smallest absolute Gasteiger partial charge is 0.341 e. The van der Waals surface area contributed by atoms with E-state index in [0.717, 1.165) is 16.9 Å². The van der Waals surface area contributed by atoms with Crippen molar-refractivity contribution >= 4 is 5.97 Å². The maximum atomic E-state index is 14.0. The van der Waals surface area contributed by atoms with Crippen molar-refractivity contribution in [3.05, 3.63) is 89.7 Å². The molecule has 33 heavy (non-hydrogen) atoms. The SMILES string of the molecule is COc1ccccc1Cn1nc(-c2ccc(C)cc2OCC(=O)O)cc1-c1cccc(F)c1. The van der Waals surface area contributed by atoms with Gasteiger partial charge in [0.05, 0.1) is 25.0 Å². The number of para-hydroxylation sites is 1.